The second kappa shape index (κ2) is 8.70. The van der Waals surface area contributed by atoms with Crippen LogP contribution in [0.5, 0.6) is 0 Å². The van der Waals surface area contributed by atoms with Crippen LogP contribution in [0.15, 0.2) is 46.1 Å². The predicted molar refractivity (Wildman–Crippen MR) is 130 cm³/mol. The molecular weight excluding hydrogens is 446 g/mol. The lowest BCUT2D eigenvalue weighted by atomic mass is 10.0. The fourth-order valence-electron chi connectivity index (χ4n) is 4.75. The summed E-state index contributed by atoms with van der Waals surface area (Å²) < 4.78 is 14.8. The van der Waals surface area contributed by atoms with Crippen LogP contribution in [0.4, 0.5) is 0 Å². The molecule has 0 saturated carbocycles. The number of oxazole rings is 1. The molecule has 0 atom stereocenters. The molecule has 5 aromatic rings. The van der Waals surface area contributed by atoms with E-state index in [1.807, 2.05) is 36.6 Å². The quantitative estimate of drug-likeness (QED) is 0.382. The molecule has 0 unspecified atom stereocenters. The van der Waals surface area contributed by atoms with Crippen LogP contribution < -0.4 is 5.76 Å². The van der Waals surface area contributed by atoms with Gasteiger partial charge in [-0.3, -0.25) is 4.57 Å². The van der Waals surface area contributed by atoms with Crippen LogP contribution >= 0.6 is 0 Å². The molecule has 0 aliphatic carbocycles. The minimum absolute atomic E-state index is 0.339. The van der Waals surface area contributed by atoms with E-state index in [-0.39, 0.29) is 5.76 Å². The van der Waals surface area contributed by atoms with E-state index in [9.17, 15) is 4.79 Å². The van der Waals surface area contributed by atoms with E-state index in [0.717, 1.165) is 54.2 Å². The molecule has 1 aromatic carbocycles. The Morgan fingerprint density at radius 1 is 1.03 bits per heavy atom. The number of hydrogen-bond acceptors (Lipinski definition) is 8. The third kappa shape index (κ3) is 3.79. The van der Waals surface area contributed by atoms with Crippen LogP contribution in [-0.2, 0) is 17.8 Å². The largest absolute Gasteiger partial charge is 0.419 e. The van der Waals surface area contributed by atoms with Gasteiger partial charge in [-0.1, -0.05) is 0 Å². The van der Waals surface area contributed by atoms with Crippen molar-refractivity contribution in [1.29, 1.82) is 0 Å². The van der Waals surface area contributed by atoms with Crippen molar-refractivity contribution in [2.24, 2.45) is 5.92 Å². The lowest BCUT2D eigenvalue weighted by Gasteiger charge is -2.21. The number of fused-ring (bicyclic) bond motifs is 2. The summed E-state index contributed by atoms with van der Waals surface area (Å²) in [5.74, 6) is 1.49. The Kier molecular flexibility index (Phi) is 5.37. The minimum atomic E-state index is -0.339. The average molecular weight is 472 g/mol. The predicted octanol–water partition coefficient (Wildman–Crippen LogP) is 3.61. The molecule has 1 fully saturated rings. The molecule has 1 aliphatic heterocycles. The Morgan fingerprint density at radius 3 is 2.60 bits per heavy atom. The number of nitrogens with zero attached hydrogens (tertiary/aromatic N) is 7. The van der Waals surface area contributed by atoms with E-state index in [1.165, 1.54) is 0 Å². The zero-order valence-electron chi connectivity index (χ0n) is 19.6. The summed E-state index contributed by atoms with van der Waals surface area (Å²) in [7, 11) is 0. The number of aromatic nitrogens is 7. The highest BCUT2D eigenvalue weighted by atomic mass is 16.5. The Balaban J connectivity index is 1.48. The first-order valence-electron chi connectivity index (χ1n) is 11.8. The van der Waals surface area contributed by atoms with Crippen LogP contribution in [0.25, 0.3) is 44.9 Å². The maximum atomic E-state index is 12.7. The number of aryl methyl sites for hydroxylation is 2. The first-order valence-corrected chi connectivity index (χ1v) is 11.8. The summed E-state index contributed by atoms with van der Waals surface area (Å²) in [6.45, 7) is 6.65. The molecule has 35 heavy (non-hydrogen) atoms. The Morgan fingerprint density at radius 2 is 1.83 bits per heavy atom. The van der Waals surface area contributed by atoms with Crippen LogP contribution in [0.3, 0.4) is 0 Å². The van der Waals surface area contributed by atoms with E-state index in [0.29, 0.717) is 41.6 Å². The van der Waals surface area contributed by atoms with Crippen LogP contribution in [0.1, 0.15) is 25.6 Å². The third-order valence-electron chi connectivity index (χ3n) is 6.61. The molecule has 1 aliphatic rings. The normalized spacial score (nSPS) is 14.8. The fraction of sp³-hybridized carbons (Fsp3) is 0.360. The molecule has 5 heterocycles. The van der Waals surface area contributed by atoms with E-state index in [2.05, 4.69) is 19.9 Å². The van der Waals surface area contributed by atoms with Crippen molar-refractivity contribution in [3.05, 3.63) is 53.3 Å². The van der Waals surface area contributed by atoms with Gasteiger partial charge in [0.1, 0.15) is 29.2 Å². The second-order valence-electron chi connectivity index (χ2n) is 8.81. The summed E-state index contributed by atoms with van der Waals surface area (Å²) in [6, 6.07) is 5.69. The van der Waals surface area contributed by atoms with Gasteiger partial charge >= 0.3 is 5.76 Å². The molecular formula is C25H25N7O3. The van der Waals surface area contributed by atoms with E-state index in [1.54, 1.807) is 23.3 Å². The first kappa shape index (κ1) is 21.6. The van der Waals surface area contributed by atoms with Gasteiger partial charge in [-0.15, -0.1) is 0 Å². The third-order valence-corrected chi connectivity index (χ3v) is 6.61. The zero-order chi connectivity index (χ0) is 23.9. The maximum absolute atomic E-state index is 12.7. The summed E-state index contributed by atoms with van der Waals surface area (Å²) in [6.07, 6.45) is 6.97. The number of hydrogen-bond donors (Lipinski definition) is 0. The van der Waals surface area contributed by atoms with Crippen molar-refractivity contribution < 1.29 is 9.15 Å². The molecule has 6 rings (SSSR count). The minimum Gasteiger partial charge on any atom is -0.408 e. The summed E-state index contributed by atoms with van der Waals surface area (Å²) in [5.41, 5.74) is 5.10. The lowest BCUT2D eigenvalue weighted by Crippen LogP contribution is -2.24. The second-order valence-corrected chi connectivity index (χ2v) is 8.81. The standard InChI is InChI=1S/C25H25N7O3/c1-3-31-23(18-11-26-15(2)27-12-18)30-22-21(28-14-29-24(22)31)17-4-5-20-19(10-17)32(25(33)35-20)13-16-6-8-34-9-7-16/h4-5,10-12,14,16H,3,6-9,13H2,1-2H3. The smallest absolute Gasteiger partial charge is 0.408 e. The molecule has 0 bridgehead atoms. The van der Waals surface area contributed by atoms with Crippen molar-refractivity contribution in [2.45, 2.75) is 39.8 Å². The number of ether oxygens (including phenoxy) is 1. The van der Waals surface area contributed by atoms with Gasteiger partial charge < -0.3 is 13.7 Å². The van der Waals surface area contributed by atoms with Crippen molar-refractivity contribution in [3.63, 3.8) is 0 Å². The Bertz CT molecular complexity index is 1580. The molecule has 178 valence electrons. The summed E-state index contributed by atoms with van der Waals surface area (Å²) >= 11 is 0. The SMILES string of the molecule is CCn1c(-c2cnc(C)nc2)nc2c(-c3ccc4oc(=O)n(CC5CCOCC5)c4c3)ncnc21. The first-order chi connectivity index (χ1) is 17.1. The molecule has 0 amide bonds. The van der Waals surface area contributed by atoms with Crippen molar-refractivity contribution in [1.82, 2.24) is 34.1 Å². The van der Waals surface area contributed by atoms with Gasteiger partial charge in [0, 0.05) is 44.3 Å². The van der Waals surface area contributed by atoms with Crippen LogP contribution in [0.2, 0.25) is 0 Å². The van der Waals surface area contributed by atoms with Gasteiger partial charge in [0.25, 0.3) is 0 Å². The molecule has 0 radical (unpaired) electrons. The van der Waals surface area contributed by atoms with Crippen molar-refractivity contribution in [2.75, 3.05) is 13.2 Å². The highest BCUT2D eigenvalue weighted by molar-refractivity contribution is 5.92. The van der Waals surface area contributed by atoms with Gasteiger partial charge in [-0.25, -0.2) is 29.7 Å². The average Bonchev–Trinajstić information content (AvgIpc) is 3.42. The number of rotatable bonds is 5. The zero-order valence-corrected chi connectivity index (χ0v) is 19.6. The van der Waals surface area contributed by atoms with Crippen LogP contribution in [-0.4, -0.2) is 47.3 Å². The molecule has 10 heteroatoms. The number of imidazole rings is 1. The van der Waals surface area contributed by atoms with E-state index >= 15 is 0 Å². The monoisotopic (exact) mass is 471 g/mol. The highest BCUT2D eigenvalue weighted by Crippen LogP contribution is 2.31. The van der Waals surface area contributed by atoms with Crippen LogP contribution in [0, 0.1) is 12.8 Å². The highest BCUT2D eigenvalue weighted by Gasteiger charge is 2.21. The van der Waals surface area contributed by atoms with Gasteiger partial charge in [0.05, 0.1) is 11.1 Å². The molecule has 0 spiro atoms. The van der Waals surface area contributed by atoms with Gasteiger partial charge in [0.2, 0.25) is 0 Å². The summed E-state index contributed by atoms with van der Waals surface area (Å²) in [5, 5.41) is 0. The van der Waals surface area contributed by atoms with E-state index < -0.39 is 0 Å². The Labute approximate surface area is 200 Å². The lowest BCUT2D eigenvalue weighted by molar-refractivity contribution is 0.0610. The van der Waals surface area contributed by atoms with Crippen molar-refractivity contribution >= 4 is 22.3 Å². The molecule has 0 N–H and O–H groups in total. The summed E-state index contributed by atoms with van der Waals surface area (Å²) in [4.78, 5) is 35.3. The van der Waals surface area contributed by atoms with E-state index in [4.69, 9.17) is 14.1 Å². The topological polar surface area (TPSA) is 114 Å². The maximum Gasteiger partial charge on any atom is 0.419 e. The van der Waals surface area contributed by atoms with Crippen molar-refractivity contribution in [3.8, 4) is 22.6 Å². The van der Waals surface area contributed by atoms with Gasteiger partial charge in [0.15, 0.2) is 11.2 Å². The van der Waals surface area contributed by atoms with Gasteiger partial charge in [-0.2, -0.15) is 0 Å². The molecule has 4 aromatic heterocycles. The number of benzene rings is 1. The van der Waals surface area contributed by atoms with Gasteiger partial charge in [-0.05, 0) is 50.8 Å². The fourth-order valence-corrected chi connectivity index (χ4v) is 4.75. The Hall–Kier alpha value is -3.92. The molecule has 1 saturated heterocycles. The molecule has 10 nitrogen and oxygen atoms in total.